The van der Waals surface area contributed by atoms with E-state index in [1.807, 2.05) is 45.0 Å². The van der Waals surface area contributed by atoms with Crippen LogP contribution in [0, 0.1) is 5.92 Å². The fourth-order valence-electron chi connectivity index (χ4n) is 4.01. The molecule has 0 saturated heterocycles. The lowest BCUT2D eigenvalue weighted by atomic mass is 9.95. The van der Waals surface area contributed by atoms with Crippen molar-refractivity contribution in [1.29, 1.82) is 0 Å². The summed E-state index contributed by atoms with van der Waals surface area (Å²) in [5, 5.41) is 4.73. The van der Waals surface area contributed by atoms with Gasteiger partial charge in [-0.15, -0.1) is 0 Å². The molecule has 2 aromatic carbocycles. The number of esters is 1. The Hall–Kier alpha value is -3.12. The zero-order chi connectivity index (χ0) is 23.5. The number of nitrogens with zero attached hydrogens (tertiary/aromatic N) is 2. The highest BCUT2D eigenvalue weighted by Gasteiger charge is 2.22. The molecule has 0 unspecified atom stereocenters. The summed E-state index contributed by atoms with van der Waals surface area (Å²) < 4.78 is 16.1. The van der Waals surface area contributed by atoms with E-state index in [1.54, 1.807) is 6.07 Å². The molecule has 0 amide bonds. The van der Waals surface area contributed by atoms with Gasteiger partial charge in [0.1, 0.15) is 5.75 Å². The van der Waals surface area contributed by atoms with Crippen molar-refractivity contribution in [3.8, 4) is 28.6 Å². The number of ether oxygens (including phenoxy) is 2. The number of allylic oxidation sites excluding steroid dienone is 2. The number of hydrogen-bond acceptors (Lipinski definition) is 6. The van der Waals surface area contributed by atoms with E-state index in [4.69, 9.17) is 25.6 Å². The van der Waals surface area contributed by atoms with E-state index in [1.165, 1.54) is 23.8 Å². The summed E-state index contributed by atoms with van der Waals surface area (Å²) in [4.78, 5) is 16.4. The van der Waals surface area contributed by atoms with Gasteiger partial charge >= 0.3 is 5.97 Å². The van der Waals surface area contributed by atoms with E-state index in [0.29, 0.717) is 22.5 Å². The lowest BCUT2D eigenvalue weighted by molar-refractivity contribution is -0.144. The van der Waals surface area contributed by atoms with Gasteiger partial charge in [0.05, 0.1) is 24.2 Å². The van der Waals surface area contributed by atoms with Crippen LogP contribution in [0.5, 0.6) is 5.75 Å². The minimum atomic E-state index is -0.175. The zero-order valence-electron chi connectivity index (χ0n) is 19.2. The minimum absolute atomic E-state index is 0.0331. The van der Waals surface area contributed by atoms with Crippen molar-refractivity contribution in [2.45, 2.75) is 46.1 Å². The summed E-state index contributed by atoms with van der Waals surface area (Å²) in [6, 6.07) is 11.6. The van der Waals surface area contributed by atoms with Gasteiger partial charge in [-0.25, -0.2) is 0 Å². The van der Waals surface area contributed by atoms with Crippen LogP contribution in [0.2, 0.25) is 5.02 Å². The monoisotopic (exact) mass is 466 g/mol. The van der Waals surface area contributed by atoms with Crippen LogP contribution < -0.4 is 4.74 Å². The number of methoxy groups -OCH3 is 1. The Morgan fingerprint density at radius 1 is 1.18 bits per heavy atom. The van der Waals surface area contributed by atoms with Gasteiger partial charge < -0.3 is 14.0 Å². The largest absolute Gasteiger partial charge is 0.489 e. The maximum absolute atomic E-state index is 11.7. The number of benzene rings is 2. The van der Waals surface area contributed by atoms with Crippen molar-refractivity contribution in [1.82, 2.24) is 10.1 Å². The Labute approximate surface area is 198 Å². The van der Waals surface area contributed by atoms with Crippen LogP contribution in [0.3, 0.4) is 0 Å². The first-order chi connectivity index (χ1) is 15.9. The normalized spacial score (nSPS) is 13.6. The Kier molecular flexibility index (Phi) is 6.84. The Morgan fingerprint density at radius 3 is 2.70 bits per heavy atom. The molecule has 1 aliphatic carbocycles. The van der Waals surface area contributed by atoms with Crippen LogP contribution in [0.1, 0.15) is 44.7 Å². The summed E-state index contributed by atoms with van der Waals surface area (Å²) in [7, 11) is 1.43. The molecule has 7 heteroatoms. The predicted octanol–water partition coefficient (Wildman–Crippen LogP) is 6.37. The number of fused-ring (bicyclic) bond motifs is 1. The first kappa shape index (κ1) is 23.1. The number of carbonyl (C=O) groups is 1. The molecule has 33 heavy (non-hydrogen) atoms. The second-order valence-corrected chi connectivity index (χ2v) is 8.87. The molecule has 0 fully saturated rings. The second kappa shape index (κ2) is 9.79. The predicted molar refractivity (Wildman–Crippen MR) is 128 cm³/mol. The van der Waals surface area contributed by atoms with Crippen molar-refractivity contribution in [2.24, 2.45) is 5.92 Å². The number of aromatic nitrogens is 2. The van der Waals surface area contributed by atoms with Crippen LogP contribution in [0.25, 0.3) is 28.4 Å². The van der Waals surface area contributed by atoms with Gasteiger partial charge in [-0.1, -0.05) is 48.0 Å². The van der Waals surface area contributed by atoms with Gasteiger partial charge in [0, 0.05) is 11.1 Å². The number of hydrogen-bond donors (Lipinski definition) is 0. The van der Waals surface area contributed by atoms with Gasteiger partial charge in [-0.3, -0.25) is 4.79 Å². The lowest BCUT2D eigenvalue weighted by Crippen LogP contribution is -2.12. The minimum Gasteiger partial charge on any atom is -0.489 e. The number of rotatable bonds is 8. The molecule has 172 valence electrons. The fraction of sp³-hybridized carbons (Fsp3) is 0.346. The van der Waals surface area contributed by atoms with Crippen LogP contribution in [-0.2, 0) is 16.0 Å². The molecule has 0 spiro atoms. The third-order valence-corrected chi connectivity index (χ3v) is 6.03. The van der Waals surface area contributed by atoms with E-state index in [-0.39, 0.29) is 18.0 Å². The summed E-state index contributed by atoms with van der Waals surface area (Å²) >= 11 is 6.37. The summed E-state index contributed by atoms with van der Waals surface area (Å²) in [5.41, 5.74) is 5.26. The zero-order valence-corrected chi connectivity index (χ0v) is 20.0. The van der Waals surface area contributed by atoms with Crippen molar-refractivity contribution in [3.63, 3.8) is 0 Å². The van der Waals surface area contributed by atoms with E-state index < -0.39 is 0 Å². The van der Waals surface area contributed by atoms with Crippen molar-refractivity contribution >= 4 is 23.1 Å². The number of carbonyl (C=O) groups excluding carboxylic acids is 1. The molecule has 1 aliphatic rings. The molecular weight excluding hydrogens is 440 g/mol. The average Bonchev–Trinajstić information content (AvgIpc) is 3.45. The van der Waals surface area contributed by atoms with Gasteiger partial charge in [0.15, 0.2) is 0 Å². The van der Waals surface area contributed by atoms with Gasteiger partial charge in [0.25, 0.3) is 5.89 Å². The van der Waals surface area contributed by atoms with Crippen LogP contribution in [-0.4, -0.2) is 29.3 Å². The molecule has 0 radical (unpaired) electrons. The molecule has 0 bridgehead atoms. The molecule has 1 aromatic heterocycles. The highest BCUT2D eigenvalue weighted by molar-refractivity contribution is 6.32. The highest BCUT2D eigenvalue weighted by Crippen LogP contribution is 2.38. The molecule has 0 aliphatic heterocycles. The van der Waals surface area contributed by atoms with E-state index in [0.717, 1.165) is 30.4 Å². The summed E-state index contributed by atoms with van der Waals surface area (Å²) in [6.45, 7) is 5.80. The summed E-state index contributed by atoms with van der Waals surface area (Å²) in [6.07, 6.45) is 4.60. The van der Waals surface area contributed by atoms with E-state index in [2.05, 4.69) is 22.3 Å². The highest BCUT2D eigenvalue weighted by atomic mass is 35.5. The van der Waals surface area contributed by atoms with Crippen LogP contribution in [0.15, 0.2) is 47.0 Å². The summed E-state index contributed by atoms with van der Waals surface area (Å²) in [5.74, 6) is 1.26. The molecule has 6 nitrogen and oxygen atoms in total. The second-order valence-electron chi connectivity index (χ2n) is 8.46. The SMILES string of the molecule is COC(=O)[C@H](C)CCC1=CCc2c1cccc2-c1noc(-c2ccc(OC(C)C)c(Cl)c2)n1. The van der Waals surface area contributed by atoms with Gasteiger partial charge in [-0.2, -0.15) is 4.98 Å². The molecule has 4 rings (SSSR count). The molecular formula is C26H27ClN2O4. The van der Waals surface area contributed by atoms with E-state index >= 15 is 0 Å². The van der Waals surface area contributed by atoms with Crippen LogP contribution in [0.4, 0.5) is 0 Å². The van der Waals surface area contributed by atoms with Crippen molar-refractivity contribution in [3.05, 3.63) is 58.6 Å². The fourth-order valence-corrected chi connectivity index (χ4v) is 4.24. The van der Waals surface area contributed by atoms with Gasteiger partial charge in [0.2, 0.25) is 5.82 Å². The van der Waals surface area contributed by atoms with E-state index in [9.17, 15) is 4.79 Å². The smallest absolute Gasteiger partial charge is 0.308 e. The third-order valence-electron chi connectivity index (χ3n) is 5.73. The Morgan fingerprint density at radius 2 is 1.97 bits per heavy atom. The van der Waals surface area contributed by atoms with Gasteiger partial charge in [-0.05, 0) is 68.0 Å². The Bertz CT molecular complexity index is 1200. The third kappa shape index (κ3) is 4.96. The topological polar surface area (TPSA) is 74.5 Å². The average molecular weight is 467 g/mol. The van der Waals surface area contributed by atoms with Crippen molar-refractivity contribution < 1.29 is 18.8 Å². The molecule has 3 aromatic rings. The first-order valence-electron chi connectivity index (χ1n) is 11.1. The maximum Gasteiger partial charge on any atom is 0.308 e. The number of halogens is 1. The molecule has 0 N–H and O–H groups in total. The van der Waals surface area contributed by atoms with Crippen LogP contribution >= 0.6 is 11.6 Å². The maximum atomic E-state index is 11.7. The standard InChI is InChI=1S/C26H27ClN2O4/c1-15(2)32-23-13-11-18(14-22(23)27)25-28-24(29-33-25)21-7-5-6-19-17(10-12-20(19)21)9-8-16(3)26(30)31-4/h5-7,10-11,13-16H,8-9,12H2,1-4H3/t16-/m1/s1. The lowest BCUT2D eigenvalue weighted by Gasteiger charge is -2.11. The molecule has 1 heterocycles. The first-order valence-corrected chi connectivity index (χ1v) is 11.4. The van der Waals surface area contributed by atoms with Crippen molar-refractivity contribution in [2.75, 3.05) is 7.11 Å². The molecule has 1 atom stereocenters. The quantitative estimate of drug-likeness (QED) is 0.359. The molecule has 0 saturated carbocycles. The Balaban J connectivity index is 1.54.